The molecule has 2 N–H and O–H groups in total. The second kappa shape index (κ2) is 13.1. The number of nitro groups is 1. The monoisotopic (exact) mass is 610 g/mol. The molecule has 6 rings (SSSR count). The summed E-state index contributed by atoms with van der Waals surface area (Å²) in [4.78, 5) is 26.4. The highest BCUT2D eigenvalue weighted by Crippen LogP contribution is 2.40. The van der Waals surface area contributed by atoms with E-state index in [1.54, 1.807) is 31.4 Å². The summed E-state index contributed by atoms with van der Waals surface area (Å²) < 4.78 is 22.4. The minimum Gasteiger partial charge on any atom is -0.496 e. The summed E-state index contributed by atoms with van der Waals surface area (Å²) in [5.41, 5.74) is 5.90. The molecule has 1 saturated heterocycles. The number of carbonyl (C=O) groups excluding carboxylic acids is 1. The van der Waals surface area contributed by atoms with Crippen molar-refractivity contribution in [3.8, 4) is 28.4 Å². The zero-order chi connectivity index (χ0) is 31.3. The number of rotatable bonds is 10. The molecule has 0 saturated carbocycles. The van der Waals surface area contributed by atoms with Gasteiger partial charge in [-0.25, -0.2) is 0 Å². The number of methoxy groups -OCH3 is 2. The molecule has 4 aromatic rings. The number of nitrogens with zero attached hydrogens (tertiary/aromatic N) is 2. The SMILES string of the molecule is COc1cc2c(cc1CCCOc1ccc(N3CCOCC3)cc1)NC(=O)c1ccc(-c3ccc([N+](=O)[O-])c(OC)c3)cc1N2. The van der Waals surface area contributed by atoms with Gasteiger partial charge in [0.1, 0.15) is 11.5 Å². The average Bonchev–Trinajstić information content (AvgIpc) is 3.21. The van der Waals surface area contributed by atoms with Crippen molar-refractivity contribution in [3.05, 3.63) is 94.0 Å². The third kappa shape index (κ3) is 6.48. The van der Waals surface area contributed by atoms with Crippen LogP contribution in [-0.4, -0.2) is 58.0 Å². The lowest BCUT2D eigenvalue weighted by Crippen LogP contribution is -2.36. The molecule has 0 aliphatic carbocycles. The van der Waals surface area contributed by atoms with Crippen molar-refractivity contribution in [2.24, 2.45) is 0 Å². The van der Waals surface area contributed by atoms with Gasteiger partial charge in [0.25, 0.3) is 5.91 Å². The average molecular weight is 611 g/mol. The van der Waals surface area contributed by atoms with E-state index in [0.29, 0.717) is 41.4 Å². The van der Waals surface area contributed by atoms with Crippen LogP contribution in [0.4, 0.5) is 28.4 Å². The Hall–Kier alpha value is -5.29. The molecule has 2 aliphatic rings. The summed E-state index contributed by atoms with van der Waals surface area (Å²) in [6.07, 6.45) is 1.45. The van der Waals surface area contributed by atoms with Gasteiger partial charge >= 0.3 is 5.69 Å². The van der Waals surface area contributed by atoms with Gasteiger partial charge in [-0.1, -0.05) is 6.07 Å². The fraction of sp³-hybridized carbons (Fsp3) is 0.265. The highest BCUT2D eigenvalue weighted by atomic mass is 16.6. The van der Waals surface area contributed by atoms with Crippen molar-refractivity contribution < 1.29 is 28.7 Å². The molecule has 1 fully saturated rings. The smallest absolute Gasteiger partial charge is 0.310 e. The maximum atomic E-state index is 13.2. The van der Waals surface area contributed by atoms with E-state index in [1.807, 2.05) is 30.3 Å². The lowest BCUT2D eigenvalue weighted by Gasteiger charge is -2.28. The minimum atomic E-state index is -0.484. The van der Waals surface area contributed by atoms with E-state index in [-0.39, 0.29) is 17.3 Å². The van der Waals surface area contributed by atoms with Gasteiger partial charge in [-0.05, 0) is 84.1 Å². The molecule has 0 atom stereocenters. The Morgan fingerprint density at radius 3 is 2.29 bits per heavy atom. The minimum absolute atomic E-state index is 0.116. The second-order valence-corrected chi connectivity index (χ2v) is 10.7. The number of morpholine rings is 1. The van der Waals surface area contributed by atoms with Crippen molar-refractivity contribution in [1.29, 1.82) is 0 Å². The predicted octanol–water partition coefficient (Wildman–Crippen LogP) is 6.44. The first kappa shape index (κ1) is 29.8. The number of aryl methyl sites for hydroxylation is 1. The number of nitro benzene ring substituents is 1. The Morgan fingerprint density at radius 2 is 1.56 bits per heavy atom. The number of benzene rings is 4. The molecule has 2 heterocycles. The summed E-state index contributed by atoms with van der Waals surface area (Å²) in [6.45, 7) is 3.81. The zero-order valence-corrected chi connectivity index (χ0v) is 25.1. The van der Waals surface area contributed by atoms with Crippen molar-refractivity contribution in [2.75, 3.05) is 62.7 Å². The Morgan fingerprint density at radius 1 is 0.844 bits per heavy atom. The molecule has 0 unspecified atom stereocenters. The van der Waals surface area contributed by atoms with Crippen LogP contribution >= 0.6 is 0 Å². The number of carbonyl (C=O) groups is 1. The molecule has 0 radical (unpaired) electrons. The van der Waals surface area contributed by atoms with Gasteiger partial charge in [0.15, 0.2) is 5.75 Å². The molecular formula is C34H34N4O7. The van der Waals surface area contributed by atoms with E-state index in [0.717, 1.165) is 55.2 Å². The number of nitrogens with one attached hydrogen (secondary N) is 2. The van der Waals surface area contributed by atoms with Gasteiger partial charge in [0, 0.05) is 30.9 Å². The first-order valence-electron chi connectivity index (χ1n) is 14.7. The van der Waals surface area contributed by atoms with E-state index in [9.17, 15) is 14.9 Å². The molecule has 1 amide bonds. The standard InChI is InChI=1S/C34H34N4O7/c1-42-32-21-30-29(19-24(32)4-3-15-45-26-9-7-25(8-10-26)37-13-16-44-17-14-37)36-34(39)27-11-5-22(18-28(27)35-30)23-6-12-31(38(40)41)33(20-23)43-2/h5-12,18-21,35H,3-4,13-17H2,1-2H3,(H,36,39). The molecule has 4 aromatic carbocycles. The Balaban J connectivity index is 1.14. The van der Waals surface area contributed by atoms with Gasteiger partial charge in [0.2, 0.25) is 0 Å². The van der Waals surface area contributed by atoms with E-state index in [4.69, 9.17) is 18.9 Å². The summed E-state index contributed by atoms with van der Waals surface area (Å²) >= 11 is 0. The van der Waals surface area contributed by atoms with E-state index in [2.05, 4.69) is 27.7 Å². The Bertz CT molecular complexity index is 1720. The summed E-state index contributed by atoms with van der Waals surface area (Å²) in [5, 5.41) is 17.7. The molecular weight excluding hydrogens is 576 g/mol. The third-order valence-electron chi connectivity index (χ3n) is 7.98. The van der Waals surface area contributed by atoms with Crippen LogP contribution in [0.1, 0.15) is 22.3 Å². The maximum absolute atomic E-state index is 13.2. The highest BCUT2D eigenvalue weighted by Gasteiger charge is 2.23. The molecule has 232 valence electrons. The van der Waals surface area contributed by atoms with Gasteiger partial charge in [-0.3, -0.25) is 14.9 Å². The number of anilines is 4. The number of hydrogen-bond acceptors (Lipinski definition) is 9. The molecule has 0 aromatic heterocycles. The predicted molar refractivity (Wildman–Crippen MR) is 173 cm³/mol. The number of ether oxygens (including phenoxy) is 4. The molecule has 45 heavy (non-hydrogen) atoms. The van der Waals surface area contributed by atoms with Gasteiger partial charge < -0.3 is 34.5 Å². The van der Waals surface area contributed by atoms with E-state index < -0.39 is 4.92 Å². The van der Waals surface area contributed by atoms with E-state index >= 15 is 0 Å². The zero-order valence-electron chi connectivity index (χ0n) is 25.1. The molecule has 2 aliphatic heterocycles. The lowest BCUT2D eigenvalue weighted by molar-refractivity contribution is -0.385. The summed E-state index contributed by atoms with van der Waals surface area (Å²) in [6, 6.07) is 22.0. The maximum Gasteiger partial charge on any atom is 0.310 e. The van der Waals surface area contributed by atoms with Crippen LogP contribution in [0.5, 0.6) is 17.2 Å². The van der Waals surface area contributed by atoms with Crippen LogP contribution in [-0.2, 0) is 11.2 Å². The normalized spacial score (nSPS) is 13.9. The molecule has 0 spiro atoms. The van der Waals surface area contributed by atoms with Crippen molar-refractivity contribution in [1.82, 2.24) is 0 Å². The first-order valence-corrected chi connectivity index (χ1v) is 14.7. The molecule has 0 bridgehead atoms. The quantitative estimate of drug-likeness (QED) is 0.119. The van der Waals surface area contributed by atoms with Crippen molar-refractivity contribution in [3.63, 3.8) is 0 Å². The molecule has 11 heteroatoms. The van der Waals surface area contributed by atoms with Gasteiger partial charge in [0.05, 0.1) is 61.6 Å². The summed E-state index contributed by atoms with van der Waals surface area (Å²) in [5.74, 6) is 1.43. The number of hydrogen-bond donors (Lipinski definition) is 2. The van der Waals surface area contributed by atoms with Crippen LogP contribution in [0.25, 0.3) is 11.1 Å². The van der Waals surface area contributed by atoms with Crippen LogP contribution in [0.15, 0.2) is 72.8 Å². The second-order valence-electron chi connectivity index (χ2n) is 10.7. The highest BCUT2D eigenvalue weighted by molar-refractivity contribution is 6.12. The first-order chi connectivity index (χ1) is 21.9. The number of fused-ring (bicyclic) bond motifs is 2. The van der Waals surface area contributed by atoms with Crippen LogP contribution in [0, 0.1) is 10.1 Å². The Labute approximate surface area is 260 Å². The van der Waals surface area contributed by atoms with Crippen LogP contribution < -0.4 is 29.7 Å². The van der Waals surface area contributed by atoms with Crippen LogP contribution in [0.3, 0.4) is 0 Å². The number of amides is 1. The Kier molecular flexibility index (Phi) is 8.70. The van der Waals surface area contributed by atoms with Crippen LogP contribution in [0.2, 0.25) is 0 Å². The van der Waals surface area contributed by atoms with Crippen molar-refractivity contribution >= 4 is 34.3 Å². The third-order valence-corrected chi connectivity index (χ3v) is 7.98. The van der Waals surface area contributed by atoms with Gasteiger partial charge in [-0.15, -0.1) is 0 Å². The molecule has 11 nitrogen and oxygen atoms in total. The lowest BCUT2D eigenvalue weighted by atomic mass is 10.0. The fourth-order valence-corrected chi connectivity index (χ4v) is 5.61. The topological polar surface area (TPSA) is 124 Å². The largest absolute Gasteiger partial charge is 0.496 e. The summed E-state index contributed by atoms with van der Waals surface area (Å²) in [7, 11) is 3.02. The van der Waals surface area contributed by atoms with E-state index in [1.165, 1.54) is 18.9 Å². The fourth-order valence-electron chi connectivity index (χ4n) is 5.61. The van der Waals surface area contributed by atoms with Crippen molar-refractivity contribution in [2.45, 2.75) is 12.8 Å². The van der Waals surface area contributed by atoms with Gasteiger partial charge in [-0.2, -0.15) is 0 Å².